The molecule has 0 aromatic heterocycles. The van der Waals surface area contributed by atoms with Crippen molar-refractivity contribution in [2.24, 2.45) is 0 Å². The van der Waals surface area contributed by atoms with Crippen molar-refractivity contribution in [3.8, 4) is 0 Å². The van der Waals surface area contributed by atoms with Crippen LogP contribution in [-0.2, 0) is 4.74 Å². The maximum absolute atomic E-state index is 13.8. The highest BCUT2D eigenvalue weighted by Crippen LogP contribution is 2.23. The van der Waals surface area contributed by atoms with E-state index in [0.717, 1.165) is 18.9 Å². The number of nitrogens with two attached hydrogens (primary N) is 1. The van der Waals surface area contributed by atoms with Gasteiger partial charge in [0.25, 0.3) is 0 Å². The molecule has 0 aliphatic carbocycles. The summed E-state index contributed by atoms with van der Waals surface area (Å²) in [6.07, 6.45) is 1.70. The van der Waals surface area contributed by atoms with Crippen molar-refractivity contribution in [1.29, 1.82) is 0 Å². The number of rotatable bonds is 7. The monoisotopic (exact) mass is 270 g/mol. The average Bonchev–Trinajstić information content (AvgIpc) is 2.32. The predicted molar refractivity (Wildman–Crippen MR) is 72.0 cm³/mol. The molecule has 19 heavy (non-hydrogen) atoms. The average molecular weight is 270 g/mol. The van der Waals surface area contributed by atoms with E-state index in [4.69, 9.17) is 15.6 Å². The van der Waals surface area contributed by atoms with Crippen LogP contribution in [0.3, 0.4) is 0 Å². The summed E-state index contributed by atoms with van der Waals surface area (Å²) in [5, 5.41) is 11.9. The second-order valence-electron chi connectivity index (χ2n) is 4.31. The Labute approximate surface area is 111 Å². The number of hydrogen-bond acceptors (Lipinski definition) is 4. The van der Waals surface area contributed by atoms with Crippen molar-refractivity contribution < 1.29 is 19.0 Å². The summed E-state index contributed by atoms with van der Waals surface area (Å²) in [5.74, 6) is -1.75. The van der Waals surface area contributed by atoms with Gasteiger partial charge in [0.05, 0.1) is 17.9 Å². The van der Waals surface area contributed by atoms with Crippen molar-refractivity contribution in [2.75, 3.05) is 24.8 Å². The van der Waals surface area contributed by atoms with Crippen molar-refractivity contribution >= 4 is 17.3 Å². The SMILES string of the molecule is CCCC(COC)Nc1cc(C(=O)O)c(N)cc1F. The summed E-state index contributed by atoms with van der Waals surface area (Å²) in [6, 6.07) is 2.15. The molecule has 106 valence electrons. The minimum absolute atomic E-state index is 0.0743. The summed E-state index contributed by atoms with van der Waals surface area (Å²) in [5.41, 5.74) is 5.39. The number of nitrogen functional groups attached to an aromatic ring is 1. The molecule has 5 nitrogen and oxygen atoms in total. The van der Waals surface area contributed by atoms with Gasteiger partial charge in [-0.1, -0.05) is 13.3 Å². The van der Waals surface area contributed by atoms with E-state index in [-0.39, 0.29) is 23.0 Å². The van der Waals surface area contributed by atoms with Gasteiger partial charge >= 0.3 is 5.97 Å². The summed E-state index contributed by atoms with van der Waals surface area (Å²) in [4.78, 5) is 11.0. The second kappa shape index (κ2) is 6.94. The zero-order valence-electron chi connectivity index (χ0n) is 11.1. The number of carbonyl (C=O) groups is 1. The first kappa shape index (κ1) is 15.2. The zero-order valence-corrected chi connectivity index (χ0v) is 11.1. The van der Waals surface area contributed by atoms with Gasteiger partial charge in [-0.25, -0.2) is 9.18 Å². The molecule has 6 heteroatoms. The van der Waals surface area contributed by atoms with Crippen LogP contribution in [0.25, 0.3) is 0 Å². The Morgan fingerprint density at radius 2 is 2.26 bits per heavy atom. The Kier molecular flexibility index (Phi) is 5.57. The lowest BCUT2D eigenvalue weighted by Crippen LogP contribution is -2.25. The molecule has 1 aromatic carbocycles. The summed E-state index contributed by atoms with van der Waals surface area (Å²) in [7, 11) is 1.56. The minimum Gasteiger partial charge on any atom is -0.478 e. The van der Waals surface area contributed by atoms with Gasteiger partial charge in [-0.15, -0.1) is 0 Å². The Morgan fingerprint density at radius 1 is 1.58 bits per heavy atom. The first-order valence-corrected chi connectivity index (χ1v) is 6.07. The van der Waals surface area contributed by atoms with E-state index in [1.807, 2.05) is 6.92 Å². The highest BCUT2D eigenvalue weighted by molar-refractivity contribution is 5.94. The molecule has 1 rings (SSSR count). The van der Waals surface area contributed by atoms with E-state index in [9.17, 15) is 9.18 Å². The number of halogens is 1. The fraction of sp³-hybridized carbons (Fsp3) is 0.462. The van der Waals surface area contributed by atoms with E-state index in [1.54, 1.807) is 7.11 Å². The van der Waals surface area contributed by atoms with Crippen molar-refractivity contribution in [2.45, 2.75) is 25.8 Å². The van der Waals surface area contributed by atoms with Crippen molar-refractivity contribution in [3.63, 3.8) is 0 Å². The largest absolute Gasteiger partial charge is 0.478 e. The number of aromatic carboxylic acids is 1. The van der Waals surface area contributed by atoms with Gasteiger partial charge in [0.15, 0.2) is 0 Å². The van der Waals surface area contributed by atoms with E-state index in [1.165, 1.54) is 6.07 Å². The molecule has 0 radical (unpaired) electrons. The molecule has 0 aliphatic heterocycles. The topological polar surface area (TPSA) is 84.6 Å². The summed E-state index contributed by atoms with van der Waals surface area (Å²) in [6.45, 7) is 2.42. The van der Waals surface area contributed by atoms with Crippen molar-refractivity contribution in [3.05, 3.63) is 23.5 Å². The third-order valence-corrected chi connectivity index (χ3v) is 2.73. The van der Waals surface area contributed by atoms with E-state index in [2.05, 4.69) is 5.32 Å². The molecule has 0 saturated heterocycles. The fourth-order valence-electron chi connectivity index (χ4n) is 1.85. The molecular weight excluding hydrogens is 251 g/mol. The van der Waals surface area contributed by atoms with Gasteiger partial charge < -0.3 is 20.9 Å². The molecule has 0 aliphatic rings. The van der Waals surface area contributed by atoms with Crippen LogP contribution < -0.4 is 11.1 Å². The first-order valence-electron chi connectivity index (χ1n) is 6.07. The van der Waals surface area contributed by atoms with Gasteiger partial charge in [-0.2, -0.15) is 0 Å². The summed E-state index contributed by atoms with van der Waals surface area (Å²) >= 11 is 0. The van der Waals surface area contributed by atoms with E-state index >= 15 is 0 Å². The highest BCUT2D eigenvalue weighted by Gasteiger charge is 2.15. The molecule has 0 amide bonds. The van der Waals surface area contributed by atoms with Crippen LogP contribution in [-0.4, -0.2) is 30.8 Å². The third-order valence-electron chi connectivity index (χ3n) is 2.73. The number of carboxylic acid groups (broad SMARTS) is 1. The van der Waals surface area contributed by atoms with Crippen LogP contribution in [0.4, 0.5) is 15.8 Å². The molecule has 1 atom stereocenters. The van der Waals surface area contributed by atoms with Crippen LogP contribution in [0.1, 0.15) is 30.1 Å². The highest BCUT2D eigenvalue weighted by atomic mass is 19.1. The molecule has 0 spiro atoms. The zero-order chi connectivity index (χ0) is 14.4. The third kappa shape index (κ3) is 4.10. The lowest BCUT2D eigenvalue weighted by Gasteiger charge is -2.19. The standard InChI is InChI=1S/C13H19FN2O3/c1-3-4-8(7-19-2)16-12-5-9(13(17)18)11(15)6-10(12)14/h5-6,8,16H,3-4,7,15H2,1-2H3,(H,17,18). The first-order chi connectivity index (χ1) is 8.99. The Morgan fingerprint density at radius 3 is 2.79 bits per heavy atom. The van der Waals surface area contributed by atoms with Gasteiger partial charge in [-0.3, -0.25) is 0 Å². The number of methoxy groups -OCH3 is 1. The second-order valence-corrected chi connectivity index (χ2v) is 4.31. The quantitative estimate of drug-likeness (QED) is 0.662. The molecule has 0 saturated carbocycles. The number of anilines is 2. The van der Waals surface area contributed by atoms with Gasteiger partial charge in [0, 0.05) is 18.8 Å². The Hall–Kier alpha value is -1.82. The molecule has 4 N–H and O–H groups in total. The van der Waals surface area contributed by atoms with Gasteiger partial charge in [0.2, 0.25) is 0 Å². The normalized spacial score (nSPS) is 12.2. The Balaban J connectivity index is 2.98. The van der Waals surface area contributed by atoms with Gasteiger partial charge in [-0.05, 0) is 18.6 Å². The van der Waals surface area contributed by atoms with Crippen LogP contribution in [0.2, 0.25) is 0 Å². The number of nitrogens with one attached hydrogen (secondary N) is 1. The number of benzene rings is 1. The number of hydrogen-bond donors (Lipinski definition) is 3. The molecule has 0 bridgehead atoms. The minimum atomic E-state index is -1.18. The smallest absolute Gasteiger partial charge is 0.337 e. The fourth-order valence-corrected chi connectivity index (χ4v) is 1.85. The van der Waals surface area contributed by atoms with Crippen molar-refractivity contribution in [1.82, 2.24) is 0 Å². The molecular formula is C13H19FN2O3. The summed E-state index contributed by atoms with van der Waals surface area (Å²) < 4.78 is 18.8. The predicted octanol–water partition coefficient (Wildman–Crippen LogP) is 2.33. The maximum Gasteiger partial charge on any atom is 0.337 e. The molecule has 0 fully saturated rings. The Bertz CT molecular complexity index is 446. The van der Waals surface area contributed by atoms with E-state index < -0.39 is 11.8 Å². The van der Waals surface area contributed by atoms with Crippen LogP contribution in [0, 0.1) is 5.82 Å². The molecule has 1 unspecified atom stereocenters. The maximum atomic E-state index is 13.8. The molecule has 1 aromatic rings. The number of carboxylic acids is 1. The van der Waals surface area contributed by atoms with E-state index in [0.29, 0.717) is 6.61 Å². The number of ether oxygens (including phenoxy) is 1. The van der Waals surface area contributed by atoms with Crippen LogP contribution in [0.5, 0.6) is 0 Å². The molecule has 0 heterocycles. The lowest BCUT2D eigenvalue weighted by atomic mass is 10.1. The van der Waals surface area contributed by atoms with Gasteiger partial charge in [0.1, 0.15) is 5.82 Å². The van der Waals surface area contributed by atoms with Crippen LogP contribution in [0.15, 0.2) is 12.1 Å². The lowest BCUT2D eigenvalue weighted by molar-refractivity contribution is 0.0698. The van der Waals surface area contributed by atoms with Crippen LogP contribution >= 0.6 is 0 Å².